The summed E-state index contributed by atoms with van der Waals surface area (Å²) < 4.78 is 0. The van der Waals surface area contributed by atoms with Gasteiger partial charge >= 0.3 is 12.0 Å². The largest absolute Gasteiger partial charge is 0.481 e. The van der Waals surface area contributed by atoms with Gasteiger partial charge in [-0.15, -0.1) is 0 Å². The number of rotatable bonds is 3. The van der Waals surface area contributed by atoms with Crippen LogP contribution in [0.1, 0.15) is 24.1 Å². The van der Waals surface area contributed by atoms with E-state index >= 15 is 0 Å². The first-order valence-electron chi connectivity index (χ1n) is 6.32. The first-order chi connectivity index (χ1) is 8.97. The summed E-state index contributed by atoms with van der Waals surface area (Å²) in [5.74, 6) is -1.25. The minimum absolute atomic E-state index is 0.0861. The van der Waals surface area contributed by atoms with Crippen molar-refractivity contribution in [3.8, 4) is 0 Å². The molecule has 102 valence electrons. The van der Waals surface area contributed by atoms with Crippen molar-refractivity contribution in [2.24, 2.45) is 5.92 Å². The van der Waals surface area contributed by atoms with Crippen molar-refractivity contribution >= 4 is 12.0 Å². The fourth-order valence-corrected chi connectivity index (χ4v) is 2.02. The number of hydrogen-bond donors (Lipinski definition) is 2. The fraction of sp³-hybridized carbons (Fsp3) is 0.429. The molecule has 2 amide bonds. The first kappa shape index (κ1) is 13.4. The number of carbonyl (C=O) groups excluding carboxylic acids is 1. The Bertz CT molecular complexity index is 478. The Balaban J connectivity index is 1.86. The summed E-state index contributed by atoms with van der Waals surface area (Å²) in [7, 11) is 0. The Kier molecular flexibility index (Phi) is 3.74. The topological polar surface area (TPSA) is 69.6 Å². The van der Waals surface area contributed by atoms with Crippen molar-refractivity contribution in [3.05, 3.63) is 35.4 Å². The van der Waals surface area contributed by atoms with E-state index in [-0.39, 0.29) is 12.1 Å². The third kappa shape index (κ3) is 3.05. The average Bonchev–Trinajstić information content (AvgIpc) is 2.26. The molecular weight excluding hydrogens is 244 g/mol. The predicted octanol–water partition coefficient (Wildman–Crippen LogP) is 1.78. The van der Waals surface area contributed by atoms with Crippen LogP contribution in [-0.4, -0.2) is 35.1 Å². The van der Waals surface area contributed by atoms with Gasteiger partial charge in [0.15, 0.2) is 0 Å². The third-order valence-electron chi connectivity index (χ3n) is 3.44. The molecule has 1 unspecified atom stereocenters. The molecule has 1 aromatic rings. The summed E-state index contributed by atoms with van der Waals surface area (Å²) in [5.41, 5.74) is 2.21. The summed E-state index contributed by atoms with van der Waals surface area (Å²) in [6.45, 7) is 4.51. The van der Waals surface area contributed by atoms with Gasteiger partial charge in [0.05, 0.1) is 12.0 Å². The molecule has 1 aliphatic heterocycles. The molecule has 1 saturated heterocycles. The van der Waals surface area contributed by atoms with Gasteiger partial charge in [-0.2, -0.15) is 0 Å². The molecule has 0 spiro atoms. The minimum Gasteiger partial charge on any atom is -0.481 e. The van der Waals surface area contributed by atoms with Crippen LogP contribution in [0, 0.1) is 12.8 Å². The van der Waals surface area contributed by atoms with Crippen LogP contribution in [0.5, 0.6) is 0 Å². The van der Waals surface area contributed by atoms with E-state index in [1.807, 2.05) is 38.1 Å². The number of carboxylic acids is 1. The van der Waals surface area contributed by atoms with Crippen LogP contribution >= 0.6 is 0 Å². The van der Waals surface area contributed by atoms with Crippen LogP contribution in [0.15, 0.2) is 24.3 Å². The van der Waals surface area contributed by atoms with E-state index in [1.54, 1.807) is 0 Å². The number of carboxylic acid groups (broad SMARTS) is 1. The molecule has 2 N–H and O–H groups in total. The van der Waals surface area contributed by atoms with Crippen LogP contribution in [0.25, 0.3) is 0 Å². The van der Waals surface area contributed by atoms with Crippen molar-refractivity contribution in [2.45, 2.75) is 19.9 Å². The van der Waals surface area contributed by atoms with E-state index < -0.39 is 11.9 Å². The van der Waals surface area contributed by atoms with Gasteiger partial charge in [0, 0.05) is 13.1 Å². The second-order valence-corrected chi connectivity index (χ2v) is 5.02. The molecule has 1 fully saturated rings. The van der Waals surface area contributed by atoms with Crippen LogP contribution < -0.4 is 5.32 Å². The van der Waals surface area contributed by atoms with Gasteiger partial charge in [0.1, 0.15) is 0 Å². The highest BCUT2D eigenvalue weighted by Crippen LogP contribution is 2.18. The molecule has 2 rings (SSSR count). The Morgan fingerprint density at radius 2 is 1.89 bits per heavy atom. The molecule has 5 heteroatoms. The zero-order chi connectivity index (χ0) is 14.0. The number of carbonyl (C=O) groups is 2. The van der Waals surface area contributed by atoms with E-state index in [4.69, 9.17) is 5.11 Å². The molecule has 5 nitrogen and oxygen atoms in total. The lowest BCUT2D eigenvalue weighted by atomic mass is 10.0. The molecule has 0 saturated carbocycles. The van der Waals surface area contributed by atoms with Crippen LogP contribution in [0.2, 0.25) is 0 Å². The number of benzene rings is 1. The summed E-state index contributed by atoms with van der Waals surface area (Å²) in [5, 5.41) is 11.6. The molecule has 0 aromatic heterocycles. The molecule has 1 aromatic carbocycles. The zero-order valence-corrected chi connectivity index (χ0v) is 11.1. The Hall–Kier alpha value is -2.04. The Labute approximate surface area is 112 Å². The average molecular weight is 262 g/mol. The Morgan fingerprint density at radius 1 is 1.32 bits per heavy atom. The van der Waals surface area contributed by atoms with E-state index in [9.17, 15) is 9.59 Å². The SMILES string of the molecule is Cc1ccc(C(C)NC(=O)N2CC(C(=O)O)C2)cc1. The zero-order valence-electron chi connectivity index (χ0n) is 11.1. The van der Waals surface area contributed by atoms with E-state index in [1.165, 1.54) is 10.5 Å². The molecule has 1 atom stereocenters. The van der Waals surface area contributed by atoms with Crippen molar-refractivity contribution < 1.29 is 14.7 Å². The minimum atomic E-state index is -0.837. The summed E-state index contributed by atoms with van der Waals surface area (Å²) >= 11 is 0. The second kappa shape index (κ2) is 5.30. The monoisotopic (exact) mass is 262 g/mol. The van der Waals surface area contributed by atoms with E-state index in [0.717, 1.165) is 5.56 Å². The highest BCUT2D eigenvalue weighted by molar-refractivity contribution is 5.80. The number of aliphatic carboxylic acids is 1. The third-order valence-corrected chi connectivity index (χ3v) is 3.44. The number of nitrogens with zero attached hydrogens (tertiary/aromatic N) is 1. The summed E-state index contributed by atoms with van der Waals surface area (Å²) in [4.78, 5) is 24.1. The molecule has 0 aliphatic carbocycles. The molecule has 19 heavy (non-hydrogen) atoms. The lowest BCUT2D eigenvalue weighted by Crippen LogP contribution is -2.56. The predicted molar refractivity (Wildman–Crippen MR) is 70.8 cm³/mol. The second-order valence-electron chi connectivity index (χ2n) is 5.02. The van der Waals surface area contributed by atoms with E-state index in [0.29, 0.717) is 13.1 Å². The van der Waals surface area contributed by atoms with Gasteiger partial charge in [0.2, 0.25) is 0 Å². The quantitative estimate of drug-likeness (QED) is 0.872. The highest BCUT2D eigenvalue weighted by Gasteiger charge is 2.35. The van der Waals surface area contributed by atoms with Crippen molar-refractivity contribution in [2.75, 3.05) is 13.1 Å². The fourth-order valence-electron chi connectivity index (χ4n) is 2.02. The van der Waals surface area contributed by atoms with Crippen LogP contribution in [0.3, 0.4) is 0 Å². The standard InChI is InChI=1S/C14H18N2O3/c1-9-3-5-11(6-4-9)10(2)15-14(19)16-7-12(8-16)13(17)18/h3-6,10,12H,7-8H2,1-2H3,(H,15,19)(H,17,18). The molecule has 1 aliphatic rings. The highest BCUT2D eigenvalue weighted by atomic mass is 16.4. The van der Waals surface area contributed by atoms with E-state index in [2.05, 4.69) is 5.32 Å². The maximum atomic E-state index is 11.9. The molecule has 0 radical (unpaired) electrons. The van der Waals surface area contributed by atoms with Gasteiger partial charge in [0.25, 0.3) is 0 Å². The smallest absolute Gasteiger partial charge is 0.317 e. The maximum Gasteiger partial charge on any atom is 0.317 e. The van der Waals surface area contributed by atoms with Crippen LogP contribution in [0.4, 0.5) is 4.79 Å². The number of hydrogen-bond acceptors (Lipinski definition) is 2. The number of aryl methyl sites for hydroxylation is 1. The number of nitrogens with one attached hydrogen (secondary N) is 1. The van der Waals surface area contributed by atoms with Crippen LogP contribution in [-0.2, 0) is 4.79 Å². The molecule has 0 bridgehead atoms. The normalized spacial score (nSPS) is 16.6. The van der Waals surface area contributed by atoms with Gasteiger partial charge in [-0.3, -0.25) is 4.79 Å². The van der Waals surface area contributed by atoms with Gasteiger partial charge in [-0.05, 0) is 19.4 Å². The lowest BCUT2D eigenvalue weighted by molar-refractivity contribution is -0.146. The Morgan fingerprint density at radius 3 is 2.42 bits per heavy atom. The van der Waals surface area contributed by atoms with Gasteiger partial charge in [-0.25, -0.2) is 4.79 Å². The van der Waals surface area contributed by atoms with Crippen molar-refractivity contribution in [3.63, 3.8) is 0 Å². The maximum absolute atomic E-state index is 11.9. The van der Waals surface area contributed by atoms with Gasteiger partial charge in [-0.1, -0.05) is 29.8 Å². The van der Waals surface area contributed by atoms with Crippen molar-refractivity contribution in [1.29, 1.82) is 0 Å². The van der Waals surface area contributed by atoms with Crippen molar-refractivity contribution in [1.82, 2.24) is 10.2 Å². The summed E-state index contributed by atoms with van der Waals surface area (Å²) in [6, 6.07) is 7.68. The summed E-state index contributed by atoms with van der Waals surface area (Å²) in [6.07, 6.45) is 0. The molecular formula is C14H18N2O3. The lowest BCUT2D eigenvalue weighted by Gasteiger charge is -2.37. The number of likely N-dealkylation sites (tertiary alicyclic amines) is 1. The number of urea groups is 1. The first-order valence-corrected chi connectivity index (χ1v) is 6.32. The van der Waals surface area contributed by atoms with Gasteiger partial charge < -0.3 is 15.3 Å². The number of amides is 2. The molecule has 1 heterocycles.